The van der Waals surface area contributed by atoms with Crippen molar-refractivity contribution in [3.05, 3.63) is 58.7 Å². The third kappa shape index (κ3) is 8.97. The number of rotatable bonds is 10. The number of phenols is 2. The van der Waals surface area contributed by atoms with E-state index in [1.165, 1.54) is 6.07 Å². The molecule has 0 aromatic heterocycles. The lowest BCUT2D eigenvalue weighted by Crippen LogP contribution is -2.45. The van der Waals surface area contributed by atoms with Crippen LogP contribution < -0.4 is 5.32 Å². The molecule has 1 atom stereocenters. The second-order valence-corrected chi connectivity index (χ2v) is 10.9. The van der Waals surface area contributed by atoms with E-state index in [0.29, 0.717) is 23.1 Å². The van der Waals surface area contributed by atoms with Gasteiger partial charge in [-0.2, -0.15) is 0 Å². The Bertz CT molecular complexity index is 1140. The van der Waals surface area contributed by atoms with Gasteiger partial charge < -0.3 is 29.7 Å². The number of phenolic OH excluding ortho intramolecular Hbond substituents is 2. The van der Waals surface area contributed by atoms with E-state index in [2.05, 4.69) is 5.32 Å². The van der Waals surface area contributed by atoms with Crippen LogP contribution in [0.2, 0.25) is 0 Å². The van der Waals surface area contributed by atoms with Gasteiger partial charge in [0.25, 0.3) is 0 Å². The molecule has 1 amide bonds. The van der Waals surface area contributed by atoms with Crippen LogP contribution in [0.5, 0.6) is 11.5 Å². The molecule has 0 unspecified atom stereocenters. The maximum atomic E-state index is 12.9. The largest absolute Gasteiger partial charge is 0.508 e. The van der Waals surface area contributed by atoms with E-state index in [1.807, 2.05) is 32.0 Å². The average Bonchev–Trinajstić information content (AvgIpc) is 2.80. The number of amides is 1. The second-order valence-electron chi connectivity index (χ2n) is 10.9. The lowest BCUT2D eigenvalue weighted by molar-refractivity contribution is -0.153. The number of carbonyl (C=O) groups is 3. The summed E-state index contributed by atoms with van der Waals surface area (Å²) < 4.78 is 15.9. The monoisotopic (exact) mass is 529 g/mol. The van der Waals surface area contributed by atoms with Crippen molar-refractivity contribution in [2.24, 2.45) is 0 Å². The highest BCUT2D eigenvalue weighted by molar-refractivity contribution is 5.86. The Morgan fingerprint density at radius 2 is 1.61 bits per heavy atom. The summed E-state index contributed by atoms with van der Waals surface area (Å²) in [6.07, 6.45) is -1.01. The van der Waals surface area contributed by atoms with Gasteiger partial charge in [0.15, 0.2) is 0 Å². The molecule has 2 aromatic carbocycles. The molecule has 0 fully saturated rings. The number of carbonyl (C=O) groups excluding carboxylic acids is 3. The molecule has 0 bridgehead atoms. The first-order valence-electron chi connectivity index (χ1n) is 12.5. The van der Waals surface area contributed by atoms with Crippen molar-refractivity contribution in [2.75, 3.05) is 6.61 Å². The standard InChI is InChI=1S/C29H39NO8/c1-18-15-22(31)24(19(2)25(18)33)29(6,7)13-14-36-26(34)21(30-27(35)38-28(3,4)5)16-23(32)37-17-20-11-9-8-10-12-20/h8-12,15,21,31,33H,13-14,16-17H2,1-7H3,(H,30,35)/t21-/m0/s1. The van der Waals surface area contributed by atoms with Crippen LogP contribution in [0.1, 0.15) is 69.7 Å². The highest BCUT2D eigenvalue weighted by Gasteiger charge is 2.31. The van der Waals surface area contributed by atoms with Crippen molar-refractivity contribution in [1.29, 1.82) is 0 Å². The van der Waals surface area contributed by atoms with Gasteiger partial charge in [-0.1, -0.05) is 44.2 Å². The van der Waals surface area contributed by atoms with Crippen LogP contribution in [0, 0.1) is 13.8 Å². The van der Waals surface area contributed by atoms with E-state index in [4.69, 9.17) is 14.2 Å². The summed E-state index contributed by atoms with van der Waals surface area (Å²) in [7, 11) is 0. The van der Waals surface area contributed by atoms with Crippen LogP contribution in [-0.2, 0) is 35.8 Å². The Kier molecular flexibility index (Phi) is 10.2. The van der Waals surface area contributed by atoms with Crippen molar-refractivity contribution in [3.8, 4) is 11.5 Å². The molecule has 0 spiro atoms. The molecule has 0 aliphatic carbocycles. The molecule has 3 N–H and O–H groups in total. The van der Waals surface area contributed by atoms with Crippen LogP contribution in [0.4, 0.5) is 4.79 Å². The average molecular weight is 530 g/mol. The molecule has 0 aliphatic heterocycles. The fourth-order valence-corrected chi connectivity index (χ4v) is 4.05. The number of ether oxygens (including phenoxy) is 3. The van der Waals surface area contributed by atoms with Gasteiger partial charge in [-0.3, -0.25) is 4.79 Å². The fourth-order valence-electron chi connectivity index (χ4n) is 4.05. The van der Waals surface area contributed by atoms with Gasteiger partial charge in [0.2, 0.25) is 0 Å². The highest BCUT2D eigenvalue weighted by atomic mass is 16.6. The lowest BCUT2D eigenvalue weighted by Gasteiger charge is -2.29. The Balaban J connectivity index is 2.07. The molecular weight excluding hydrogens is 490 g/mol. The summed E-state index contributed by atoms with van der Waals surface area (Å²) >= 11 is 0. The fraction of sp³-hybridized carbons (Fsp3) is 0.483. The number of nitrogens with one attached hydrogen (secondary N) is 1. The quantitative estimate of drug-likeness (QED) is 0.224. The van der Waals surface area contributed by atoms with Crippen LogP contribution in [0.25, 0.3) is 0 Å². The first-order chi connectivity index (χ1) is 17.6. The summed E-state index contributed by atoms with van der Waals surface area (Å²) in [5, 5.41) is 23.3. The normalized spacial score (nSPS) is 12.4. The number of aromatic hydroxyl groups is 2. The minimum absolute atomic E-state index is 0.0221. The van der Waals surface area contributed by atoms with Crippen molar-refractivity contribution in [1.82, 2.24) is 5.32 Å². The van der Waals surface area contributed by atoms with Crippen LogP contribution >= 0.6 is 0 Å². The van der Waals surface area contributed by atoms with Gasteiger partial charge in [0.1, 0.15) is 29.7 Å². The zero-order chi connectivity index (χ0) is 28.7. The molecule has 9 heteroatoms. The number of hydrogen-bond donors (Lipinski definition) is 3. The molecule has 38 heavy (non-hydrogen) atoms. The third-order valence-corrected chi connectivity index (χ3v) is 5.95. The van der Waals surface area contributed by atoms with Crippen molar-refractivity contribution in [2.45, 2.75) is 85.0 Å². The molecular formula is C29H39NO8. The van der Waals surface area contributed by atoms with E-state index < -0.39 is 41.5 Å². The van der Waals surface area contributed by atoms with Crippen molar-refractivity contribution < 1.29 is 38.8 Å². The van der Waals surface area contributed by atoms with Gasteiger partial charge >= 0.3 is 18.0 Å². The van der Waals surface area contributed by atoms with Gasteiger partial charge in [-0.05, 0) is 69.2 Å². The first kappa shape index (κ1) is 30.5. The molecule has 2 aromatic rings. The molecule has 9 nitrogen and oxygen atoms in total. The smallest absolute Gasteiger partial charge is 0.408 e. The molecule has 0 aliphatic rings. The molecule has 0 heterocycles. The van der Waals surface area contributed by atoms with Gasteiger partial charge in [0, 0.05) is 5.56 Å². The minimum atomic E-state index is -1.32. The Morgan fingerprint density at radius 3 is 2.21 bits per heavy atom. The van der Waals surface area contributed by atoms with E-state index in [-0.39, 0.29) is 24.7 Å². The number of alkyl carbamates (subject to hydrolysis) is 1. The molecule has 0 saturated carbocycles. The van der Waals surface area contributed by atoms with E-state index in [1.54, 1.807) is 46.8 Å². The minimum Gasteiger partial charge on any atom is -0.508 e. The Labute approximate surface area is 224 Å². The van der Waals surface area contributed by atoms with Crippen molar-refractivity contribution >= 4 is 18.0 Å². The summed E-state index contributed by atoms with van der Waals surface area (Å²) in [5.74, 6) is -1.38. The SMILES string of the molecule is Cc1cc(O)c(C(C)(C)CCOC(=O)[C@H](CC(=O)OCc2ccccc2)NC(=O)OC(C)(C)C)c(C)c1O. The molecule has 0 saturated heterocycles. The maximum absolute atomic E-state index is 12.9. The predicted octanol–water partition coefficient (Wildman–Crippen LogP) is 4.95. The topological polar surface area (TPSA) is 131 Å². The van der Waals surface area contributed by atoms with Gasteiger partial charge in [0.05, 0.1) is 13.0 Å². The van der Waals surface area contributed by atoms with Crippen LogP contribution in [0.3, 0.4) is 0 Å². The van der Waals surface area contributed by atoms with Crippen LogP contribution in [0.15, 0.2) is 36.4 Å². The number of aryl methyl sites for hydroxylation is 1. The molecule has 208 valence electrons. The third-order valence-electron chi connectivity index (χ3n) is 5.95. The maximum Gasteiger partial charge on any atom is 0.408 e. The van der Waals surface area contributed by atoms with Crippen LogP contribution in [-0.4, -0.2) is 46.5 Å². The molecule has 2 rings (SSSR count). The first-order valence-corrected chi connectivity index (χ1v) is 12.5. The van der Waals surface area contributed by atoms with Gasteiger partial charge in [-0.25, -0.2) is 9.59 Å². The summed E-state index contributed by atoms with van der Waals surface area (Å²) in [4.78, 5) is 37.7. The zero-order valence-electron chi connectivity index (χ0n) is 23.2. The van der Waals surface area contributed by atoms with E-state index >= 15 is 0 Å². The predicted molar refractivity (Wildman–Crippen MR) is 142 cm³/mol. The second kappa shape index (κ2) is 12.7. The van der Waals surface area contributed by atoms with E-state index in [0.717, 1.165) is 5.56 Å². The van der Waals surface area contributed by atoms with E-state index in [9.17, 15) is 24.6 Å². The Morgan fingerprint density at radius 1 is 0.974 bits per heavy atom. The zero-order valence-corrected chi connectivity index (χ0v) is 23.2. The summed E-state index contributed by atoms with van der Waals surface area (Å²) in [5.41, 5.74) is 0.955. The summed E-state index contributed by atoms with van der Waals surface area (Å²) in [6.45, 7) is 12.1. The number of hydrogen-bond acceptors (Lipinski definition) is 8. The summed E-state index contributed by atoms with van der Waals surface area (Å²) in [6, 6.07) is 9.23. The lowest BCUT2D eigenvalue weighted by atomic mass is 9.78. The molecule has 0 radical (unpaired) electrons. The Hall–Kier alpha value is -3.75. The number of benzene rings is 2. The highest BCUT2D eigenvalue weighted by Crippen LogP contribution is 2.41. The van der Waals surface area contributed by atoms with Gasteiger partial charge in [-0.15, -0.1) is 0 Å². The van der Waals surface area contributed by atoms with Crippen molar-refractivity contribution in [3.63, 3.8) is 0 Å². The number of esters is 2.